The minimum absolute atomic E-state index is 0.771. The van der Waals surface area contributed by atoms with Gasteiger partial charge in [0.15, 0.2) is 0 Å². The van der Waals surface area contributed by atoms with E-state index in [-0.39, 0.29) is 0 Å². The molecule has 2 aliphatic carbocycles. The molecule has 122 valence electrons. The maximum absolute atomic E-state index is 3.91. The van der Waals surface area contributed by atoms with Crippen molar-refractivity contribution < 1.29 is 0 Å². The van der Waals surface area contributed by atoms with Crippen molar-refractivity contribution in [2.24, 2.45) is 5.92 Å². The lowest BCUT2D eigenvalue weighted by Crippen LogP contribution is -2.57. The Morgan fingerprint density at radius 2 is 1.52 bits per heavy atom. The summed E-state index contributed by atoms with van der Waals surface area (Å²) in [4.78, 5) is 2.99. The molecule has 3 fully saturated rings. The highest BCUT2D eigenvalue weighted by atomic mass is 15.2. The second-order valence-corrected chi connectivity index (χ2v) is 7.76. The summed E-state index contributed by atoms with van der Waals surface area (Å²) in [5.74, 6) is 1.03. The molecule has 0 aromatic rings. The van der Waals surface area contributed by atoms with Crippen molar-refractivity contribution >= 4 is 0 Å². The molecular weight excluding hydrogens is 256 g/mol. The normalized spacial score (nSPS) is 38.7. The fourth-order valence-electron chi connectivity index (χ4n) is 5.33. The minimum atomic E-state index is 0.771. The van der Waals surface area contributed by atoms with E-state index in [2.05, 4.69) is 17.1 Å². The smallest absolute Gasteiger partial charge is 0.0252 e. The standard InChI is InChI=1S/C19H36N2/c1-2-14-20-17-11-4-3-5-13-19(17)21-15-8-10-16-9-6-7-12-18(16)21/h16-20H,2-15H2,1H3. The van der Waals surface area contributed by atoms with Gasteiger partial charge in [-0.05, 0) is 64.0 Å². The molecule has 1 N–H and O–H groups in total. The van der Waals surface area contributed by atoms with Gasteiger partial charge in [-0.1, -0.05) is 39.0 Å². The molecule has 0 radical (unpaired) electrons. The minimum Gasteiger partial charge on any atom is -0.312 e. The maximum atomic E-state index is 3.91. The van der Waals surface area contributed by atoms with Crippen molar-refractivity contribution in [1.82, 2.24) is 10.2 Å². The molecule has 1 aliphatic heterocycles. The number of hydrogen-bond donors (Lipinski definition) is 1. The summed E-state index contributed by atoms with van der Waals surface area (Å²) in [6.45, 7) is 4.90. The van der Waals surface area contributed by atoms with Crippen LogP contribution in [0.3, 0.4) is 0 Å². The van der Waals surface area contributed by atoms with Crippen LogP contribution in [0.15, 0.2) is 0 Å². The predicted molar refractivity (Wildman–Crippen MR) is 90.6 cm³/mol. The van der Waals surface area contributed by atoms with Crippen LogP contribution in [-0.2, 0) is 0 Å². The molecule has 2 saturated carbocycles. The SMILES string of the molecule is CCCNC1CCCCCC1N1CCCC2CCCCC21. The van der Waals surface area contributed by atoms with Gasteiger partial charge in [0.2, 0.25) is 0 Å². The van der Waals surface area contributed by atoms with Crippen molar-refractivity contribution in [2.75, 3.05) is 13.1 Å². The van der Waals surface area contributed by atoms with Gasteiger partial charge in [0, 0.05) is 18.1 Å². The molecule has 2 heteroatoms. The first-order valence-corrected chi connectivity index (χ1v) is 9.89. The van der Waals surface area contributed by atoms with Gasteiger partial charge in [0.05, 0.1) is 0 Å². The molecule has 1 saturated heterocycles. The fraction of sp³-hybridized carbons (Fsp3) is 1.00. The average Bonchev–Trinajstić information content (AvgIpc) is 2.77. The molecule has 0 aromatic carbocycles. The van der Waals surface area contributed by atoms with Gasteiger partial charge >= 0.3 is 0 Å². The van der Waals surface area contributed by atoms with Crippen LogP contribution in [-0.4, -0.2) is 36.1 Å². The molecule has 3 rings (SSSR count). The lowest BCUT2D eigenvalue weighted by molar-refractivity contribution is 0.00982. The summed E-state index contributed by atoms with van der Waals surface area (Å²) in [6.07, 6.45) is 17.5. The first-order chi connectivity index (χ1) is 10.4. The van der Waals surface area contributed by atoms with E-state index >= 15 is 0 Å². The average molecular weight is 293 g/mol. The van der Waals surface area contributed by atoms with E-state index in [1.807, 2.05) is 0 Å². The first-order valence-electron chi connectivity index (χ1n) is 9.89. The molecule has 0 aromatic heterocycles. The second-order valence-electron chi connectivity index (χ2n) is 7.76. The zero-order valence-electron chi connectivity index (χ0n) is 14.2. The Morgan fingerprint density at radius 1 is 0.810 bits per heavy atom. The second kappa shape index (κ2) is 7.97. The molecule has 0 amide bonds. The highest BCUT2D eigenvalue weighted by Crippen LogP contribution is 2.38. The van der Waals surface area contributed by atoms with Crippen LogP contribution in [0, 0.1) is 5.92 Å². The Balaban J connectivity index is 1.70. The molecule has 0 spiro atoms. The van der Waals surface area contributed by atoms with E-state index in [1.165, 1.54) is 90.1 Å². The van der Waals surface area contributed by atoms with E-state index in [1.54, 1.807) is 0 Å². The summed E-state index contributed by atoms with van der Waals surface area (Å²) in [5.41, 5.74) is 0. The van der Waals surface area contributed by atoms with Crippen LogP contribution in [0.1, 0.15) is 84.0 Å². The Bertz CT molecular complexity index is 302. The Labute approximate surface area is 132 Å². The highest BCUT2D eigenvalue weighted by molar-refractivity contribution is 4.95. The molecule has 21 heavy (non-hydrogen) atoms. The zero-order valence-corrected chi connectivity index (χ0v) is 14.2. The zero-order chi connectivity index (χ0) is 14.5. The summed E-state index contributed by atoms with van der Waals surface area (Å²) >= 11 is 0. The van der Waals surface area contributed by atoms with Crippen LogP contribution in [0.2, 0.25) is 0 Å². The lowest BCUT2D eigenvalue weighted by atomic mass is 9.77. The largest absolute Gasteiger partial charge is 0.312 e. The van der Waals surface area contributed by atoms with Crippen LogP contribution < -0.4 is 5.32 Å². The van der Waals surface area contributed by atoms with Crippen LogP contribution in [0.5, 0.6) is 0 Å². The summed E-state index contributed by atoms with van der Waals surface area (Å²) < 4.78 is 0. The molecule has 3 aliphatic rings. The van der Waals surface area contributed by atoms with Gasteiger partial charge in [-0.15, -0.1) is 0 Å². The summed E-state index contributed by atoms with van der Waals surface area (Å²) in [7, 11) is 0. The fourth-order valence-corrected chi connectivity index (χ4v) is 5.33. The third-order valence-electron chi connectivity index (χ3n) is 6.35. The van der Waals surface area contributed by atoms with Gasteiger partial charge < -0.3 is 5.32 Å². The van der Waals surface area contributed by atoms with Crippen molar-refractivity contribution in [1.29, 1.82) is 0 Å². The lowest BCUT2D eigenvalue weighted by Gasteiger charge is -2.49. The highest BCUT2D eigenvalue weighted by Gasteiger charge is 2.39. The summed E-state index contributed by atoms with van der Waals surface area (Å²) in [5, 5.41) is 3.91. The quantitative estimate of drug-likeness (QED) is 0.775. The van der Waals surface area contributed by atoms with Crippen LogP contribution >= 0.6 is 0 Å². The topological polar surface area (TPSA) is 15.3 Å². The van der Waals surface area contributed by atoms with E-state index < -0.39 is 0 Å². The number of nitrogens with zero attached hydrogens (tertiary/aromatic N) is 1. The molecule has 4 atom stereocenters. The maximum Gasteiger partial charge on any atom is 0.0252 e. The monoisotopic (exact) mass is 292 g/mol. The molecular formula is C19H36N2. The third kappa shape index (κ3) is 3.82. The summed E-state index contributed by atoms with van der Waals surface area (Å²) in [6, 6.07) is 2.54. The predicted octanol–water partition coefficient (Wildman–Crippen LogP) is 4.34. The molecule has 0 bridgehead atoms. The number of likely N-dealkylation sites (tertiary alicyclic amines) is 1. The van der Waals surface area contributed by atoms with E-state index in [0.717, 1.165) is 24.0 Å². The van der Waals surface area contributed by atoms with E-state index in [4.69, 9.17) is 0 Å². The molecule has 2 nitrogen and oxygen atoms in total. The van der Waals surface area contributed by atoms with Gasteiger partial charge in [-0.2, -0.15) is 0 Å². The number of rotatable bonds is 4. The Morgan fingerprint density at radius 3 is 2.43 bits per heavy atom. The van der Waals surface area contributed by atoms with Gasteiger partial charge in [0.25, 0.3) is 0 Å². The van der Waals surface area contributed by atoms with E-state index in [0.29, 0.717) is 0 Å². The Kier molecular flexibility index (Phi) is 5.99. The number of hydrogen-bond acceptors (Lipinski definition) is 2. The van der Waals surface area contributed by atoms with Gasteiger partial charge in [-0.25, -0.2) is 0 Å². The molecule has 1 heterocycles. The van der Waals surface area contributed by atoms with E-state index in [9.17, 15) is 0 Å². The third-order valence-corrected chi connectivity index (χ3v) is 6.35. The van der Waals surface area contributed by atoms with Gasteiger partial charge in [-0.3, -0.25) is 4.90 Å². The number of fused-ring (bicyclic) bond motifs is 1. The number of nitrogens with one attached hydrogen (secondary N) is 1. The molecule has 4 unspecified atom stereocenters. The van der Waals surface area contributed by atoms with Gasteiger partial charge in [0.1, 0.15) is 0 Å². The van der Waals surface area contributed by atoms with Crippen molar-refractivity contribution in [3.63, 3.8) is 0 Å². The van der Waals surface area contributed by atoms with Crippen LogP contribution in [0.4, 0.5) is 0 Å². The van der Waals surface area contributed by atoms with Crippen molar-refractivity contribution in [2.45, 2.75) is 102 Å². The van der Waals surface area contributed by atoms with Crippen LogP contribution in [0.25, 0.3) is 0 Å². The van der Waals surface area contributed by atoms with Crippen molar-refractivity contribution in [3.8, 4) is 0 Å². The van der Waals surface area contributed by atoms with Crippen molar-refractivity contribution in [3.05, 3.63) is 0 Å². The first kappa shape index (κ1) is 15.8. The Hall–Kier alpha value is -0.0800. The number of piperidine rings is 1.